The van der Waals surface area contributed by atoms with E-state index >= 15 is 0 Å². The van der Waals surface area contributed by atoms with E-state index < -0.39 is 8.32 Å². The van der Waals surface area contributed by atoms with Crippen molar-refractivity contribution in [1.29, 1.82) is 0 Å². The summed E-state index contributed by atoms with van der Waals surface area (Å²) in [5, 5.41) is 0.111. The summed E-state index contributed by atoms with van der Waals surface area (Å²) < 4.78 is 12.4. The van der Waals surface area contributed by atoms with Crippen LogP contribution in [0, 0.1) is 13.8 Å². The molecule has 0 unspecified atom stereocenters. The highest BCUT2D eigenvalue weighted by Gasteiger charge is 2.41. The standard InChI is InChI=1S/C20H36O3Si2/c1-13-14(2)18(23-25(9,10)20(6,7)8)17(19(3,4)5)16(12-22-24)15(13)11-21/h11H,12H2,1-10,24H3. The Morgan fingerprint density at radius 3 is 1.92 bits per heavy atom. The van der Waals surface area contributed by atoms with E-state index in [0.29, 0.717) is 17.1 Å². The molecule has 0 bridgehead atoms. The Morgan fingerprint density at radius 2 is 1.56 bits per heavy atom. The predicted molar refractivity (Wildman–Crippen MR) is 113 cm³/mol. The van der Waals surface area contributed by atoms with Crippen molar-refractivity contribution in [1.82, 2.24) is 0 Å². The fraction of sp³-hybridized carbons (Fsp3) is 0.650. The molecule has 0 spiro atoms. The van der Waals surface area contributed by atoms with Gasteiger partial charge in [-0.1, -0.05) is 41.5 Å². The summed E-state index contributed by atoms with van der Waals surface area (Å²) in [6, 6.07) is 0. The van der Waals surface area contributed by atoms with Crippen molar-refractivity contribution < 1.29 is 13.6 Å². The molecular weight excluding hydrogens is 344 g/mol. The van der Waals surface area contributed by atoms with Crippen molar-refractivity contribution >= 4 is 25.1 Å². The quantitative estimate of drug-likeness (QED) is 0.553. The molecule has 0 amide bonds. The molecule has 1 aromatic carbocycles. The second kappa shape index (κ2) is 7.37. The van der Waals surface area contributed by atoms with Gasteiger partial charge in [0.15, 0.2) is 6.29 Å². The highest BCUT2D eigenvalue weighted by atomic mass is 28.4. The van der Waals surface area contributed by atoms with E-state index in [0.717, 1.165) is 39.9 Å². The first kappa shape index (κ1) is 22.1. The second-order valence-corrected chi connectivity index (χ2v) is 14.8. The Hall–Kier alpha value is -0.916. The highest BCUT2D eigenvalue weighted by Crippen LogP contribution is 2.45. The zero-order chi connectivity index (χ0) is 19.8. The van der Waals surface area contributed by atoms with Gasteiger partial charge in [0.05, 0.1) is 6.61 Å². The van der Waals surface area contributed by atoms with Gasteiger partial charge in [-0.25, -0.2) is 0 Å². The minimum atomic E-state index is -2.00. The van der Waals surface area contributed by atoms with Gasteiger partial charge in [-0.15, -0.1) is 0 Å². The van der Waals surface area contributed by atoms with Crippen LogP contribution in [-0.2, 0) is 16.4 Å². The van der Waals surface area contributed by atoms with Crippen LogP contribution in [0.5, 0.6) is 5.75 Å². The number of hydrogen-bond acceptors (Lipinski definition) is 3. The number of hydrogen-bond donors (Lipinski definition) is 0. The summed E-state index contributed by atoms with van der Waals surface area (Å²) in [7, 11) is -1.36. The van der Waals surface area contributed by atoms with Crippen molar-refractivity contribution in [3.05, 3.63) is 27.8 Å². The number of rotatable bonds is 5. The lowest BCUT2D eigenvalue weighted by molar-refractivity contribution is 0.112. The Bertz CT molecular complexity index is 651. The number of carbonyl (C=O) groups is 1. The summed E-state index contributed by atoms with van der Waals surface area (Å²) in [4.78, 5) is 11.8. The summed E-state index contributed by atoms with van der Waals surface area (Å²) in [5.74, 6) is 0.968. The molecule has 0 N–H and O–H groups in total. The maximum Gasteiger partial charge on any atom is 0.250 e. The van der Waals surface area contributed by atoms with E-state index in [4.69, 9.17) is 8.85 Å². The molecule has 142 valence electrons. The lowest BCUT2D eigenvalue weighted by Crippen LogP contribution is -2.44. The molecular formula is C20H36O3Si2. The van der Waals surface area contributed by atoms with Gasteiger partial charge in [-0.05, 0) is 54.1 Å². The molecule has 1 rings (SSSR count). The van der Waals surface area contributed by atoms with Crippen LogP contribution in [0.15, 0.2) is 0 Å². The normalized spacial score (nSPS) is 13.2. The first-order chi connectivity index (χ1) is 11.2. The first-order valence-electron chi connectivity index (χ1n) is 8.98. The monoisotopic (exact) mass is 380 g/mol. The minimum Gasteiger partial charge on any atom is -0.543 e. The minimum absolute atomic E-state index is 0.111. The van der Waals surface area contributed by atoms with Crippen molar-refractivity contribution in [2.75, 3.05) is 0 Å². The van der Waals surface area contributed by atoms with Gasteiger partial charge in [0.25, 0.3) is 8.32 Å². The number of benzene rings is 1. The largest absolute Gasteiger partial charge is 0.543 e. The molecule has 0 aliphatic heterocycles. The Kier molecular flexibility index (Phi) is 6.52. The van der Waals surface area contributed by atoms with E-state index in [9.17, 15) is 4.79 Å². The van der Waals surface area contributed by atoms with E-state index in [-0.39, 0.29) is 10.5 Å². The van der Waals surface area contributed by atoms with Crippen LogP contribution in [0.1, 0.15) is 74.2 Å². The number of aldehydes is 1. The van der Waals surface area contributed by atoms with Gasteiger partial charge in [0.1, 0.15) is 16.2 Å². The Balaban J connectivity index is 3.86. The van der Waals surface area contributed by atoms with E-state index in [2.05, 4.69) is 61.6 Å². The van der Waals surface area contributed by atoms with Gasteiger partial charge in [-0.2, -0.15) is 0 Å². The van der Waals surface area contributed by atoms with Crippen LogP contribution >= 0.6 is 0 Å². The van der Waals surface area contributed by atoms with Crippen LogP contribution in [0.25, 0.3) is 0 Å². The van der Waals surface area contributed by atoms with Gasteiger partial charge in [-0.3, -0.25) is 4.79 Å². The summed E-state index contributed by atoms with van der Waals surface area (Å²) in [6.45, 7) is 22.4. The van der Waals surface area contributed by atoms with Crippen LogP contribution < -0.4 is 4.43 Å². The molecule has 3 nitrogen and oxygen atoms in total. The van der Waals surface area contributed by atoms with Crippen molar-refractivity contribution in [2.24, 2.45) is 0 Å². The van der Waals surface area contributed by atoms with Crippen LogP contribution in [0.3, 0.4) is 0 Å². The molecule has 0 aliphatic carbocycles. The van der Waals surface area contributed by atoms with E-state index in [1.54, 1.807) is 0 Å². The van der Waals surface area contributed by atoms with Gasteiger partial charge < -0.3 is 8.85 Å². The van der Waals surface area contributed by atoms with Crippen molar-refractivity contribution in [2.45, 2.75) is 85.5 Å². The zero-order valence-corrected chi connectivity index (χ0v) is 21.0. The average Bonchev–Trinajstić information content (AvgIpc) is 2.42. The molecule has 0 heterocycles. The molecule has 25 heavy (non-hydrogen) atoms. The fourth-order valence-electron chi connectivity index (χ4n) is 2.84. The van der Waals surface area contributed by atoms with Gasteiger partial charge >= 0.3 is 0 Å². The first-order valence-corrected chi connectivity index (χ1v) is 12.7. The van der Waals surface area contributed by atoms with Gasteiger partial charge in [0.2, 0.25) is 0 Å². The fourth-order valence-corrected chi connectivity index (χ4v) is 4.20. The van der Waals surface area contributed by atoms with E-state index in [1.807, 2.05) is 6.92 Å². The molecule has 0 aromatic heterocycles. The third-order valence-corrected chi connectivity index (χ3v) is 10.1. The van der Waals surface area contributed by atoms with Crippen LogP contribution in [0.2, 0.25) is 18.1 Å². The third kappa shape index (κ3) is 4.44. The molecule has 5 heteroatoms. The average molecular weight is 381 g/mol. The highest BCUT2D eigenvalue weighted by molar-refractivity contribution is 6.74. The molecule has 0 fully saturated rings. The Morgan fingerprint density at radius 1 is 1.04 bits per heavy atom. The topological polar surface area (TPSA) is 35.5 Å². The lowest BCUT2D eigenvalue weighted by atomic mass is 9.79. The maximum absolute atomic E-state index is 11.8. The molecule has 0 saturated heterocycles. The third-order valence-electron chi connectivity index (χ3n) is 5.48. The summed E-state index contributed by atoms with van der Waals surface area (Å²) in [5.41, 5.74) is 4.83. The van der Waals surface area contributed by atoms with E-state index in [1.165, 1.54) is 0 Å². The van der Waals surface area contributed by atoms with Gasteiger partial charge in [0, 0.05) is 11.1 Å². The predicted octanol–water partition coefficient (Wildman–Crippen LogP) is 4.59. The Labute approximate surface area is 158 Å². The van der Waals surface area contributed by atoms with Crippen LogP contribution in [0.4, 0.5) is 0 Å². The molecule has 0 aliphatic rings. The summed E-state index contributed by atoms with van der Waals surface area (Å²) in [6.07, 6.45) is 0.976. The number of carbonyl (C=O) groups excluding carboxylic acids is 1. The SMILES string of the molecule is Cc1c(C)c(O[Si](C)(C)C(C)(C)C)c(C(C)(C)C)c(CO[SiH3])c1C=O. The lowest BCUT2D eigenvalue weighted by Gasteiger charge is -2.40. The molecule has 0 atom stereocenters. The zero-order valence-electron chi connectivity index (χ0n) is 18.0. The smallest absolute Gasteiger partial charge is 0.250 e. The maximum atomic E-state index is 11.8. The van der Waals surface area contributed by atoms with Crippen molar-refractivity contribution in [3.8, 4) is 5.75 Å². The molecule has 0 saturated carbocycles. The van der Waals surface area contributed by atoms with Crippen molar-refractivity contribution in [3.63, 3.8) is 0 Å². The molecule has 0 radical (unpaired) electrons. The summed E-state index contributed by atoms with van der Waals surface area (Å²) >= 11 is 0. The molecule has 1 aromatic rings. The van der Waals surface area contributed by atoms with Crippen LogP contribution in [-0.4, -0.2) is 25.1 Å². The second-order valence-electron chi connectivity index (χ2n) is 9.51.